The molecular weight excluding hydrogens is 377 g/mol. The first-order valence-electron chi connectivity index (χ1n) is 7.26. The summed E-state index contributed by atoms with van der Waals surface area (Å²) < 4.78 is 70.9. The second kappa shape index (κ2) is 8.39. The van der Waals surface area contributed by atoms with Crippen LogP contribution < -0.4 is 0 Å². The van der Waals surface area contributed by atoms with Crippen LogP contribution in [0.15, 0.2) is 47.4 Å². The highest BCUT2D eigenvalue weighted by Crippen LogP contribution is 2.30. The molecule has 1 aromatic rings. The summed E-state index contributed by atoms with van der Waals surface area (Å²) >= 11 is 1.68. The van der Waals surface area contributed by atoms with E-state index in [1.165, 1.54) is 12.1 Å². The average molecular weight is 394 g/mol. The molecule has 9 heteroatoms. The van der Waals surface area contributed by atoms with Crippen LogP contribution in [0.25, 0.3) is 6.08 Å². The van der Waals surface area contributed by atoms with E-state index in [0.29, 0.717) is 24.0 Å². The molecule has 25 heavy (non-hydrogen) atoms. The predicted octanol–water partition coefficient (Wildman–Crippen LogP) is 3.65. The summed E-state index contributed by atoms with van der Waals surface area (Å²) in [6.07, 6.45) is 8.28. The molecule has 0 N–H and O–H groups in total. The number of thioether (sulfide) groups is 1. The van der Waals surface area contributed by atoms with E-state index >= 15 is 0 Å². The predicted molar refractivity (Wildman–Crippen MR) is 90.9 cm³/mol. The van der Waals surface area contributed by atoms with Crippen molar-refractivity contribution in [2.45, 2.75) is 21.9 Å². The quantitative estimate of drug-likeness (QED) is 0.714. The first-order chi connectivity index (χ1) is 11.7. The first-order valence-corrected chi connectivity index (χ1v) is 10.0. The van der Waals surface area contributed by atoms with Crippen molar-refractivity contribution in [3.05, 3.63) is 48.1 Å². The molecule has 0 saturated carbocycles. The fraction of sp³-hybridized carbons (Fsp3) is 0.375. The van der Waals surface area contributed by atoms with Crippen LogP contribution in [0.2, 0.25) is 0 Å². The third kappa shape index (κ3) is 5.34. The number of rotatable bonds is 5. The number of hydrogen-bond acceptors (Lipinski definition) is 5. The highest BCUT2D eigenvalue weighted by molar-refractivity contribution is 7.99. The lowest BCUT2D eigenvalue weighted by Gasteiger charge is -2.26. The van der Waals surface area contributed by atoms with Gasteiger partial charge in [-0.2, -0.15) is 24.9 Å². The van der Waals surface area contributed by atoms with E-state index in [9.17, 15) is 21.6 Å². The van der Waals surface area contributed by atoms with Crippen LogP contribution in [-0.2, 0) is 19.3 Å². The van der Waals surface area contributed by atoms with E-state index in [1.807, 2.05) is 6.26 Å². The number of alkyl halides is 3. The Bertz CT molecular complexity index is 717. The van der Waals surface area contributed by atoms with Gasteiger partial charge in [0.05, 0.1) is 23.4 Å². The van der Waals surface area contributed by atoms with Crippen LogP contribution in [0.4, 0.5) is 13.2 Å². The van der Waals surface area contributed by atoms with Crippen LogP contribution in [-0.4, -0.2) is 44.9 Å². The van der Waals surface area contributed by atoms with E-state index in [-0.39, 0.29) is 0 Å². The number of halogens is 3. The van der Waals surface area contributed by atoms with Crippen molar-refractivity contribution in [2.24, 2.45) is 0 Å². The molecule has 0 aromatic heterocycles. The van der Waals surface area contributed by atoms with Crippen molar-refractivity contribution >= 4 is 27.7 Å². The number of ether oxygens (including phenoxy) is 2. The molecule has 0 spiro atoms. The van der Waals surface area contributed by atoms with Gasteiger partial charge in [-0.3, -0.25) is 0 Å². The van der Waals surface area contributed by atoms with Gasteiger partial charge in [0.15, 0.2) is 6.29 Å². The van der Waals surface area contributed by atoms with Gasteiger partial charge in [0.1, 0.15) is 0 Å². The number of hydrogen-bond donors (Lipinski definition) is 0. The second-order valence-corrected chi connectivity index (χ2v) is 8.23. The zero-order chi connectivity index (χ0) is 18.5. The molecule has 0 unspecified atom stereocenters. The molecule has 4 nitrogen and oxygen atoms in total. The highest BCUT2D eigenvalue weighted by Gasteiger charge is 2.46. The minimum atomic E-state index is -5.31. The van der Waals surface area contributed by atoms with Crippen LogP contribution in [0.5, 0.6) is 0 Å². The summed E-state index contributed by atoms with van der Waals surface area (Å²) in [5, 5.41) is 0.326. The molecule has 1 aliphatic rings. The van der Waals surface area contributed by atoms with Gasteiger partial charge in [0.25, 0.3) is 9.84 Å². The minimum Gasteiger partial charge on any atom is -0.348 e. The van der Waals surface area contributed by atoms with Crippen LogP contribution in [0.1, 0.15) is 5.56 Å². The number of sulfone groups is 1. The largest absolute Gasteiger partial charge is 0.501 e. The van der Waals surface area contributed by atoms with Gasteiger partial charge in [-0.25, -0.2) is 8.42 Å². The molecule has 1 fully saturated rings. The Balaban J connectivity index is 1.93. The van der Waals surface area contributed by atoms with Crippen LogP contribution in [0.3, 0.4) is 0 Å². The Hall–Kier alpha value is -1.29. The van der Waals surface area contributed by atoms with Gasteiger partial charge in [-0.1, -0.05) is 30.4 Å². The second-order valence-electron chi connectivity index (χ2n) is 5.15. The molecule has 2 rings (SSSR count). The molecule has 0 bridgehead atoms. The summed E-state index contributed by atoms with van der Waals surface area (Å²) in [6.45, 7) is 1.21. The fourth-order valence-corrected chi connectivity index (χ4v) is 3.15. The lowest BCUT2D eigenvalue weighted by Crippen LogP contribution is -2.32. The molecular formula is C16H17F3O4S2. The molecule has 1 saturated heterocycles. The molecule has 0 amide bonds. The molecule has 0 radical (unpaired) electrons. The Morgan fingerprint density at radius 1 is 1.12 bits per heavy atom. The van der Waals surface area contributed by atoms with E-state index in [1.54, 1.807) is 36.1 Å². The number of benzene rings is 1. The van der Waals surface area contributed by atoms with Crippen molar-refractivity contribution in [3.8, 4) is 0 Å². The van der Waals surface area contributed by atoms with Crippen molar-refractivity contribution in [3.63, 3.8) is 0 Å². The van der Waals surface area contributed by atoms with E-state index in [2.05, 4.69) is 0 Å². The maximum Gasteiger partial charge on any atom is 0.501 e. The lowest BCUT2D eigenvalue weighted by molar-refractivity contribution is -0.146. The van der Waals surface area contributed by atoms with Crippen molar-refractivity contribution in [1.82, 2.24) is 0 Å². The van der Waals surface area contributed by atoms with Gasteiger partial charge in [0.2, 0.25) is 0 Å². The van der Waals surface area contributed by atoms with Crippen molar-refractivity contribution in [2.75, 3.05) is 19.5 Å². The van der Waals surface area contributed by atoms with E-state index in [4.69, 9.17) is 9.47 Å². The average Bonchev–Trinajstić information content (AvgIpc) is 2.58. The van der Waals surface area contributed by atoms with E-state index in [0.717, 1.165) is 12.1 Å². The Kier molecular flexibility index (Phi) is 6.72. The standard InChI is InChI=1S/C16H17F3O4S2/c1-24-13-10-22-15(23-11-13)5-3-2-4-12-6-8-14(9-7-12)25(20,21)16(17,18)19/h2-9,13,15H,10-11H2,1H3/b4-2+,5-3+. The molecule has 1 aromatic carbocycles. The first kappa shape index (κ1) is 20.0. The van der Waals surface area contributed by atoms with Crippen LogP contribution >= 0.6 is 11.8 Å². The maximum absolute atomic E-state index is 12.5. The van der Waals surface area contributed by atoms with Crippen molar-refractivity contribution < 1.29 is 31.1 Å². The zero-order valence-corrected chi connectivity index (χ0v) is 14.9. The van der Waals surface area contributed by atoms with Crippen LogP contribution in [0, 0.1) is 0 Å². The number of allylic oxidation sites excluding steroid dienone is 2. The van der Waals surface area contributed by atoms with E-state index < -0.39 is 26.5 Å². The van der Waals surface area contributed by atoms with Gasteiger partial charge >= 0.3 is 5.51 Å². The minimum absolute atomic E-state index is 0.326. The third-order valence-corrected chi connectivity index (χ3v) is 5.83. The molecule has 0 aliphatic carbocycles. The third-order valence-electron chi connectivity index (χ3n) is 3.39. The van der Waals surface area contributed by atoms with Gasteiger partial charge < -0.3 is 9.47 Å². The highest BCUT2D eigenvalue weighted by atomic mass is 32.2. The monoisotopic (exact) mass is 394 g/mol. The van der Waals surface area contributed by atoms with Gasteiger partial charge in [-0.05, 0) is 30.0 Å². The molecule has 0 atom stereocenters. The smallest absolute Gasteiger partial charge is 0.348 e. The Morgan fingerprint density at radius 3 is 2.24 bits per heavy atom. The summed E-state index contributed by atoms with van der Waals surface area (Å²) in [4.78, 5) is -0.778. The van der Waals surface area contributed by atoms with Gasteiger partial charge in [-0.15, -0.1) is 0 Å². The molecule has 138 valence electrons. The normalized spacial score (nSPS) is 22.7. The SMILES string of the molecule is CSC1COC(/C=C/C=C/c2ccc(S(=O)(=O)C(F)(F)F)cc2)OC1. The maximum atomic E-state index is 12.5. The molecule has 1 aliphatic heterocycles. The Labute approximate surface area is 148 Å². The topological polar surface area (TPSA) is 52.6 Å². The van der Waals surface area contributed by atoms with Gasteiger partial charge in [0, 0.05) is 0 Å². The van der Waals surface area contributed by atoms with Crippen molar-refractivity contribution in [1.29, 1.82) is 0 Å². The summed E-state index contributed by atoms with van der Waals surface area (Å²) in [5.74, 6) is 0. The Morgan fingerprint density at radius 2 is 1.72 bits per heavy atom. The zero-order valence-electron chi connectivity index (χ0n) is 13.3. The molecule has 1 heterocycles. The summed E-state index contributed by atoms with van der Waals surface area (Å²) in [6, 6.07) is 4.48. The summed E-state index contributed by atoms with van der Waals surface area (Å²) in [7, 11) is -5.31. The summed E-state index contributed by atoms with van der Waals surface area (Å²) in [5.41, 5.74) is -4.73. The fourth-order valence-electron chi connectivity index (χ4n) is 1.96. The lowest BCUT2D eigenvalue weighted by atomic mass is 10.2.